The molecule has 8 aliphatic rings. The molecule has 11 aromatic rings. The molecule has 19 rings (SSSR count). The topological polar surface area (TPSA) is 485 Å². The van der Waals surface area contributed by atoms with Crippen molar-refractivity contribution in [3.05, 3.63) is 151 Å². The SMILES string of the molecule is CC(=O)OC[C@H]1O[C@@H](n2cnc3c(N)ncnc32)[C@]2(C)OC(c3ccc(Cl)cc3)O[C@H]12.CCC1O[C@@H]2[C@@H](CO)O[C@@H](n3cnc4c(N)ncnc43)[C@]2(C)O1.COc1ccc(C2O[C@@H]3[C@@H](CO)O[C@@H](n4cnc5c(N)ncnc54)[C@]3(C)O2)cc1.Cc1ccc(C2O[C@@H]3[C@@H](CO)O[C@@H](n4cnc5c(N)ncnc54)[C@]3(C)O2)cc1. The number of anilines is 4. The number of carbonyl (C=O) groups excluding carboxylic acids is 1. The first-order valence-electron chi connectivity index (χ1n) is 35.6. The number of benzene rings is 3. The molecule has 584 valence electrons. The number of aromatic nitrogens is 16. The molecule has 8 fully saturated rings. The fourth-order valence-electron chi connectivity index (χ4n) is 15.6. The molecule has 11 N–H and O–H groups in total. The lowest BCUT2D eigenvalue weighted by molar-refractivity contribution is -0.178. The summed E-state index contributed by atoms with van der Waals surface area (Å²) in [5.41, 5.74) is 28.0. The highest BCUT2D eigenvalue weighted by molar-refractivity contribution is 6.30. The average Bonchev–Trinajstić information content (AvgIpc) is 1.58. The number of nitrogens with zero attached hydrogens (tertiary/aromatic N) is 16. The Morgan fingerprint density at radius 2 is 0.766 bits per heavy atom. The molecule has 3 aromatic carbocycles. The summed E-state index contributed by atoms with van der Waals surface area (Å²) in [7, 11) is 1.61. The fourth-order valence-corrected chi connectivity index (χ4v) is 15.7. The van der Waals surface area contributed by atoms with Gasteiger partial charge in [-0.15, -0.1) is 0 Å². The first-order chi connectivity index (χ1) is 53.5. The van der Waals surface area contributed by atoms with Crippen molar-refractivity contribution >= 4 is 85.5 Å². The lowest BCUT2D eigenvalue weighted by Crippen LogP contribution is -2.42. The third kappa shape index (κ3) is 13.1. The second-order valence-electron chi connectivity index (χ2n) is 28.3. The molecule has 8 aliphatic heterocycles. The minimum atomic E-state index is -0.928. The highest BCUT2D eigenvalue weighted by Gasteiger charge is 2.66. The molecule has 0 spiro atoms. The van der Waals surface area contributed by atoms with Gasteiger partial charge in [-0.3, -0.25) is 23.1 Å². The Hall–Kier alpha value is -9.98. The molecule has 0 bridgehead atoms. The number of hydrogen-bond acceptors (Lipinski definition) is 34. The van der Waals surface area contributed by atoms with Crippen molar-refractivity contribution in [3.8, 4) is 5.75 Å². The van der Waals surface area contributed by atoms with Gasteiger partial charge in [-0.25, -0.2) is 59.8 Å². The van der Waals surface area contributed by atoms with Crippen LogP contribution in [0.4, 0.5) is 23.3 Å². The van der Waals surface area contributed by atoms with Crippen LogP contribution in [-0.2, 0) is 66.4 Å². The quantitative estimate of drug-likeness (QED) is 0.0682. The first-order valence-corrected chi connectivity index (χ1v) is 36.0. The van der Waals surface area contributed by atoms with E-state index in [0.29, 0.717) is 61.3 Å². The average molecular weight is 1550 g/mol. The number of aliphatic hydroxyl groups excluding tert-OH is 3. The van der Waals surface area contributed by atoms with Gasteiger partial charge in [0.05, 0.1) is 52.2 Å². The van der Waals surface area contributed by atoms with Crippen LogP contribution in [0.15, 0.2) is 123 Å². The van der Waals surface area contributed by atoms with E-state index in [2.05, 4.69) is 59.8 Å². The molecule has 0 aliphatic carbocycles. The maximum atomic E-state index is 11.4. The molecular weight excluding hydrogens is 1470 g/mol. The summed E-state index contributed by atoms with van der Waals surface area (Å²) in [5.74, 6) is 1.49. The van der Waals surface area contributed by atoms with Crippen molar-refractivity contribution in [2.24, 2.45) is 0 Å². The molecule has 4 unspecified atom stereocenters. The molecule has 8 aromatic heterocycles. The molecule has 8 saturated heterocycles. The third-order valence-corrected chi connectivity index (χ3v) is 21.4. The molecule has 39 heteroatoms. The second kappa shape index (κ2) is 29.6. The number of aliphatic hydroxyl groups is 3. The highest BCUT2D eigenvalue weighted by atomic mass is 35.5. The smallest absolute Gasteiger partial charge is 0.302 e. The number of fused-ring (bicyclic) bond motifs is 8. The summed E-state index contributed by atoms with van der Waals surface area (Å²) < 4.78 is 91.6. The Morgan fingerprint density at radius 3 is 1.10 bits per heavy atom. The number of nitrogens with two attached hydrogens (primary N) is 4. The molecule has 111 heavy (non-hydrogen) atoms. The first kappa shape index (κ1) is 75.1. The number of rotatable bonds is 14. The van der Waals surface area contributed by atoms with Gasteiger partial charge in [0.15, 0.2) is 95.9 Å². The van der Waals surface area contributed by atoms with Gasteiger partial charge in [0.2, 0.25) is 0 Å². The molecule has 38 nitrogen and oxygen atoms in total. The maximum absolute atomic E-state index is 11.4. The normalized spacial score (nSPS) is 32.2. The van der Waals surface area contributed by atoms with Gasteiger partial charge in [-0.05, 0) is 65.3 Å². The fraction of sp³-hybridized carbons (Fsp3) is 0.458. The van der Waals surface area contributed by atoms with Crippen molar-refractivity contribution in [3.63, 3.8) is 0 Å². The number of esters is 1. The number of aryl methyl sites for hydroxylation is 1. The van der Waals surface area contributed by atoms with E-state index in [1.165, 1.54) is 32.2 Å². The number of nitrogen functional groups attached to an aromatic ring is 4. The molecule has 0 radical (unpaired) electrons. The van der Waals surface area contributed by atoms with Gasteiger partial charge in [0.1, 0.15) is 131 Å². The van der Waals surface area contributed by atoms with Crippen LogP contribution in [0.1, 0.15) is 114 Å². The molecule has 16 heterocycles. The van der Waals surface area contributed by atoms with E-state index in [1.54, 1.807) is 62.8 Å². The van der Waals surface area contributed by atoms with Crippen molar-refractivity contribution < 1.29 is 86.4 Å². The van der Waals surface area contributed by atoms with E-state index < -0.39 is 115 Å². The van der Waals surface area contributed by atoms with Crippen molar-refractivity contribution in [1.29, 1.82) is 0 Å². The summed E-state index contributed by atoms with van der Waals surface area (Å²) in [4.78, 5) is 61.7. The standard InChI is InChI=1S/C20H20ClN5O5.C19H21N5O5.C19H21N5O4.C14H19N5O4/c1-10(27)28-7-13-15-20(2,31-18(30-15)11-3-5-12(21)6-4-11)19(29-13)26-9-25-14-16(22)23-8-24-17(14)26;1-19-14(28-17(29-19)10-3-5-11(26-2)6-4-10)12(7-25)27-18(19)24-9-23-13-15(20)21-8-22-16(13)24;1-10-3-5-11(6-4-10)17-27-14-12(7-25)26-18(19(14,2)28-17)24-9-23-13-15(20)21-8-22-16(13)24;1-3-8-22-10-7(4-20)21-13(14(10,2)23-8)19-6-18-9-11(15)16-5-17-12(9)19/h3-6,8-9,13,15,18-19H,7H2,1-2H3,(H2,22,23,24);3-6,8-9,12,14,17-18,25H,7H2,1-2H3,(H2,20,21,22);3-6,8-9,12,14,17-18,25H,7H2,1-2H3,(H2,20,21,22);5-8,10,13,20H,3-4H2,1-2H3,(H2,15,16,17)/t13-,15-,18?,19-,20-;2*12-,14-,17?,18-,19-;7-,8?,10-,13-,14-/m1111/s1. The summed E-state index contributed by atoms with van der Waals surface area (Å²) in [5, 5.41) is 30.0. The Kier molecular flexibility index (Phi) is 20.0. The largest absolute Gasteiger partial charge is 0.497 e. The van der Waals surface area contributed by atoms with Crippen LogP contribution in [0.2, 0.25) is 5.02 Å². The summed E-state index contributed by atoms with van der Waals surface area (Å²) >= 11 is 6.01. The zero-order valence-electron chi connectivity index (χ0n) is 61.1. The predicted octanol–water partition coefficient (Wildman–Crippen LogP) is 5.26. The third-order valence-electron chi connectivity index (χ3n) is 21.1. The van der Waals surface area contributed by atoms with Gasteiger partial charge in [0.25, 0.3) is 0 Å². The molecule has 20 atom stereocenters. The van der Waals surface area contributed by atoms with Crippen LogP contribution in [0.3, 0.4) is 0 Å². The van der Waals surface area contributed by atoms with Gasteiger partial charge in [-0.1, -0.05) is 72.6 Å². The van der Waals surface area contributed by atoms with E-state index >= 15 is 0 Å². The lowest BCUT2D eigenvalue weighted by Gasteiger charge is -2.28. The zero-order valence-corrected chi connectivity index (χ0v) is 61.9. The Balaban J connectivity index is 0.000000113. The van der Waals surface area contributed by atoms with Crippen molar-refractivity contribution in [2.75, 3.05) is 56.5 Å². The highest BCUT2D eigenvalue weighted by Crippen LogP contribution is 2.56. The molecule has 0 amide bonds. The van der Waals surface area contributed by atoms with Gasteiger partial charge < -0.3 is 105 Å². The molecule has 0 saturated carbocycles. The van der Waals surface area contributed by atoms with Crippen LogP contribution in [-0.4, -0.2) is 210 Å². The minimum absolute atomic E-state index is 0.0204. The van der Waals surface area contributed by atoms with E-state index in [4.69, 9.17) is 101 Å². The number of hydrogen-bond donors (Lipinski definition) is 7. The van der Waals surface area contributed by atoms with Crippen LogP contribution in [0, 0.1) is 6.92 Å². The number of methoxy groups -OCH3 is 1. The van der Waals surface area contributed by atoms with E-state index in [1.807, 2.05) is 102 Å². The Bertz CT molecular complexity index is 5210. The van der Waals surface area contributed by atoms with Crippen LogP contribution in [0.25, 0.3) is 44.7 Å². The van der Waals surface area contributed by atoms with Crippen LogP contribution >= 0.6 is 11.6 Å². The van der Waals surface area contributed by atoms with E-state index in [9.17, 15) is 20.1 Å². The lowest BCUT2D eigenvalue weighted by atomic mass is 9.96. The van der Waals surface area contributed by atoms with Crippen molar-refractivity contribution in [1.82, 2.24) is 78.1 Å². The predicted molar refractivity (Wildman–Crippen MR) is 388 cm³/mol. The van der Waals surface area contributed by atoms with Crippen LogP contribution < -0.4 is 27.7 Å². The Morgan fingerprint density at radius 1 is 0.450 bits per heavy atom. The minimum Gasteiger partial charge on any atom is -0.497 e. The van der Waals surface area contributed by atoms with E-state index in [0.717, 1.165) is 34.4 Å². The van der Waals surface area contributed by atoms with Crippen molar-refractivity contribution in [2.45, 2.75) is 176 Å². The Labute approximate surface area is 636 Å². The summed E-state index contributed by atoms with van der Waals surface area (Å²) in [6.07, 6.45) is 4.12. The number of halogens is 1. The number of carbonyl (C=O) groups is 1. The summed E-state index contributed by atoms with van der Waals surface area (Å²) in [6.45, 7) is 12.5. The zero-order chi connectivity index (χ0) is 77.6. The summed E-state index contributed by atoms with van der Waals surface area (Å²) in [6, 6.07) is 22.7. The maximum Gasteiger partial charge on any atom is 0.302 e. The monoisotopic (exact) mass is 1550 g/mol. The molecular formula is C72H81ClN20O18. The number of imidazole rings is 4. The van der Waals surface area contributed by atoms with E-state index in [-0.39, 0.29) is 50.5 Å². The van der Waals surface area contributed by atoms with Crippen LogP contribution in [0.5, 0.6) is 5.75 Å². The number of ether oxygens (including phenoxy) is 14. The van der Waals surface area contributed by atoms with Gasteiger partial charge >= 0.3 is 5.97 Å². The second-order valence-corrected chi connectivity index (χ2v) is 28.7. The van der Waals surface area contributed by atoms with Gasteiger partial charge in [-0.2, -0.15) is 0 Å². The van der Waals surface area contributed by atoms with Gasteiger partial charge in [0, 0.05) is 28.6 Å².